The van der Waals surface area contributed by atoms with Gasteiger partial charge in [-0.1, -0.05) is 30.3 Å². The number of carbonyl (C=O) groups excluding carboxylic acids is 1. The molecule has 0 aromatic heterocycles. The zero-order chi connectivity index (χ0) is 20.1. The summed E-state index contributed by atoms with van der Waals surface area (Å²) in [7, 11) is -3.56. The van der Waals surface area contributed by atoms with Gasteiger partial charge in [0.25, 0.3) is 0 Å². The van der Waals surface area contributed by atoms with Crippen LogP contribution in [0.15, 0.2) is 54.6 Å². The maximum absolute atomic E-state index is 12.5. The van der Waals surface area contributed by atoms with Gasteiger partial charge in [-0.2, -0.15) is 0 Å². The lowest BCUT2D eigenvalue weighted by atomic mass is 10.1. The van der Waals surface area contributed by atoms with Gasteiger partial charge in [0.05, 0.1) is 18.0 Å². The van der Waals surface area contributed by atoms with Crippen LogP contribution in [0.5, 0.6) is 0 Å². The fraction of sp³-hybridized carbons (Fsp3) is 0.381. The number of anilines is 2. The zero-order valence-corrected chi connectivity index (χ0v) is 17.2. The Hall–Kier alpha value is -2.54. The minimum absolute atomic E-state index is 0.211. The van der Waals surface area contributed by atoms with E-state index >= 15 is 0 Å². The normalized spacial score (nSPS) is 15.3. The number of sulfonamides is 1. The van der Waals surface area contributed by atoms with Crippen molar-refractivity contribution in [3.63, 3.8) is 0 Å². The van der Waals surface area contributed by atoms with Crippen LogP contribution in [0.4, 0.5) is 11.4 Å². The van der Waals surface area contributed by atoms with E-state index in [2.05, 4.69) is 22.3 Å². The maximum Gasteiger partial charge on any atom is 0.241 e. The molecule has 7 heteroatoms. The lowest BCUT2D eigenvalue weighted by Gasteiger charge is -2.23. The van der Waals surface area contributed by atoms with Crippen LogP contribution in [0.2, 0.25) is 0 Å². The van der Waals surface area contributed by atoms with E-state index in [1.165, 1.54) is 18.5 Å². The van der Waals surface area contributed by atoms with Gasteiger partial charge in [-0.25, -0.2) is 8.42 Å². The molecule has 1 unspecified atom stereocenters. The number of amides is 1. The van der Waals surface area contributed by atoms with Gasteiger partial charge < -0.3 is 10.2 Å². The van der Waals surface area contributed by atoms with E-state index in [1.54, 1.807) is 30.3 Å². The summed E-state index contributed by atoms with van der Waals surface area (Å²) in [6, 6.07) is 16.6. The predicted octanol–water partition coefficient (Wildman–Crippen LogP) is 2.93. The van der Waals surface area contributed by atoms with Crippen molar-refractivity contribution < 1.29 is 13.2 Å². The van der Waals surface area contributed by atoms with Gasteiger partial charge in [0, 0.05) is 18.8 Å². The van der Waals surface area contributed by atoms with Gasteiger partial charge >= 0.3 is 0 Å². The molecule has 3 rings (SSSR count). The first kappa shape index (κ1) is 20.2. The number of hydrogen-bond acceptors (Lipinski definition) is 4. The molecule has 1 heterocycles. The van der Waals surface area contributed by atoms with Crippen LogP contribution < -0.4 is 14.5 Å². The summed E-state index contributed by atoms with van der Waals surface area (Å²) in [5, 5.41) is 2.90. The van der Waals surface area contributed by atoms with Crippen molar-refractivity contribution in [2.75, 3.05) is 35.1 Å². The molecular weight excluding hydrogens is 374 g/mol. The highest BCUT2D eigenvalue weighted by Gasteiger charge is 2.22. The van der Waals surface area contributed by atoms with Crippen LogP contribution in [0.25, 0.3) is 0 Å². The number of hydrogen-bond donors (Lipinski definition) is 1. The summed E-state index contributed by atoms with van der Waals surface area (Å²) in [5.74, 6) is -0.342. The van der Waals surface area contributed by atoms with E-state index in [-0.39, 0.29) is 18.5 Å². The number of nitrogens with one attached hydrogen (secondary N) is 1. The molecule has 1 aliphatic heterocycles. The number of carbonyl (C=O) groups is 1. The summed E-state index contributed by atoms with van der Waals surface area (Å²) >= 11 is 0. The van der Waals surface area contributed by atoms with Crippen LogP contribution in [0, 0.1) is 0 Å². The Morgan fingerprint density at radius 2 is 1.68 bits per heavy atom. The number of rotatable bonds is 7. The highest BCUT2D eigenvalue weighted by atomic mass is 32.2. The Bertz CT molecular complexity index is 892. The molecule has 1 aliphatic rings. The zero-order valence-electron chi connectivity index (χ0n) is 16.3. The van der Waals surface area contributed by atoms with Gasteiger partial charge in [-0.05, 0) is 49.6 Å². The Morgan fingerprint density at radius 1 is 1.07 bits per heavy atom. The third-order valence-corrected chi connectivity index (χ3v) is 6.11. The van der Waals surface area contributed by atoms with Crippen LogP contribution in [0.1, 0.15) is 31.4 Å². The van der Waals surface area contributed by atoms with Crippen LogP contribution >= 0.6 is 0 Å². The quantitative estimate of drug-likeness (QED) is 0.774. The van der Waals surface area contributed by atoms with E-state index in [1.807, 2.05) is 19.1 Å². The third-order valence-electron chi connectivity index (χ3n) is 4.97. The first-order valence-electron chi connectivity index (χ1n) is 9.51. The fourth-order valence-corrected chi connectivity index (χ4v) is 4.30. The van der Waals surface area contributed by atoms with Crippen molar-refractivity contribution in [1.82, 2.24) is 5.32 Å². The molecule has 6 nitrogen and oxygen atoms in total. The molecule has 1 N–H and O–H groups in total. The van der Waals surface area contributed by atoms with Crippen molar-refractivity contribution in [2.24, 2.45) is 0 Å². The largest absolute Gasteiger partial charge is 0.372 e. The van der Waals surface area contributed by atoms with Gasteiger partial charge in [-0.15, -0.1) is 0 Å². The van der Waals surface area contributed by atoms with E-state index < -0.39 is 10.0 Å². The van der Waals surface area contributed by atoms with Crippen LogP contribution in [-0.4, -0.2) is 40.2 Å². The van der Waals surface area contributed by atoms with E-state index in [0.717, 1.165) is 29.2 Å². The van der Waals surface area contributed by atoms with E-state index in [9.17, 15) is 13.2 Å². The van der Waals surface area contributed by atoms with Crippen molar-refractivity contribution in [1.29, 1.82) is 0 Å². The average molecular weight is 402 g/mol. The number of nitrogens with zero attached hydrogens (tertiary/aromatic N) is 2. The Balaban J connectivity index is 1.64. The maximum atomic E-state index is 12.5. The van der Waals surface area contributed by atoms with Crippen molar-refractivity contribution in [3.8, 4) is 0 Å². The van der Waals surface area contributed by atoms with Crippen molar-refractivity contribution in [3.05, 3.63) is 60.2 Å². The Morgan fingerprint density at radius 3 is 2.25 bits per heavy atom. The minimum atomic E-state index is -3.56. The van der Waals surface area contributed by atoms with Gasteiger partial charge in [0.2, 0.25) is 15.9 Å². The number of benzene rings is 2. The third kappa shape index (κ3) is 5.04. The highest BCUT2D eigenvalue weighted by Crippen LogP contribution is 2.23. The second-order valence-corrected chi connectivity index (χ2v) is 9.09. The fourth-order valence-electron chi connectivity index (χ4n) is 3.44. The molecule has 2 aromatic carbocycles. The predicted molar refractivity (Wildman–Crippen MR) is 113 cm³/mol. The summed E-state index contributed by atoms with van der Waals surface area (Å²) in [6.07, 6.45) is 3.56. The summed E-state index contributed by atoms with van der Waals surface area (Å²) < 4.78 is 25.4. The summed E-state index contributed by atoms with van der Waals surface area (Å²) in [5.41, 5.74) is 2.66. The van der Waals surface area contributed by atoms with Crippen LogP contribution in [-0.2, 0) is 14.8 Å². The molecule has 0 saturated carbocycles. The molecule has 0 aliphatic carbocycles. The van der Waals surface area contributed by atoms with Crippen LogP contribution in [0.3, 0.4) is 0 Å². The molecule has 1 fully saturated rings. The average Bonchev–Trinajstić information content (AvgIpc) is 3.21. The molecule has 0 radical (unpaired) electrons. The lowest BCUT2D eigenvalue weighted by Crippen LogP contribution is -2.41. The molecule has 28 heavy (non-hydrogen) atoms. The van der Waals surface area contributed by atoms with Crippen molar-refractivity contribution in [2.45, 2.75) is 25.8 Å². The molecule has 1 amide bonds. The molecular formula is C21H27N3O3S. The molecule has 0 bridgehead atoms. The Kier molecular flexibility index (Phi) is 6.24. The van der Waals surface area contributed by atoms with Gasteiger partial charge in [-0.3, -0.25) is 9.10 Å². The summed E-state index contributed by atoms with van der Waals surface area (Å²) in [6.45, 7) is 3.83. The standard InChI is InChI=1S/C21H27N3O3S/c1-17(18-10-12-19(13-11-18)23-14-6-7-15-23)22-21(25)16-24(28(2,26)27)20-8-4-3-5-9-20/h3-5,8-13,17H,6-7,14-16H2,1-2H3,(H,22,25). The second kappa shape index (κ2) is 8.65. The SMILES string of the molecule is CC(NC(=O)CN(c1ccccc1)S(C)(=O)=O)c1ccc(N2CCCC2)cc1. The van der Waals surface area contributed by atoms with Crippen molar-refractivity contribution >= 4 is 27.3 Å². The van der Waals surface area contributed by atoms with E-state index in [0.29, 0.717) is 5.69 Å². The van der Waals surface area contributed by atoms with Gasteiger partial charge in [0.1, 0.15) is 6.54 Å². The topological polar surface area (TPSA) is 69.7 Å². The molecule has 0 spiro atoms. The molecule has 150 valence electrons. The molecule has 1 saturated heterocycles. The first-order valence-corrected chi connectivity index (χ1v) is 11.4. The minimum Gasteiger partial charge on any atom is -0.372 e. The highest BCUT2D eigenvalue weighted by molar-refractivity contribution is 7.92. The van der Waals surface area contributed by atoms with Gasteiger partial charge in [0.15, 0.2) is 0 Å². The van der Waals surface area contributed by atoms with E-state index in [4.69, 9.17) is 0 Å². The Labute approximate surface area is 167 Å². The number of para-hydroxylation sites is 1. The first-order chi connectivity index (χ1) is 13.3. The summed E-state index contributed by atoms with van der Waals surface area (Å²) in [4.78, 5) is 14.9. The second-order valence-electron chi connectivity index (χ2n) is 7.18. The smallest absolute Gasteiger partial charge is 0.241 e. The monoisotopic (exact) mass is 401 g/mol. The lowest BCUT2D eigenvalue weighted by molar-refractivity contribution is -0.120. The molecule has 1 atom stereocenters. The molecule has 2 aromatic rings.